The van der Waals surface area contributed by atoms with Crippen molar-refractivity contribution in [3.05, 3.63) is 12.7 Å². The fourth-order valence-electron chi connectivity index (χ4n) is 1.95. The Morgan fingerprint density at radius 1 is 1.50 bits per heavy atom. The molecule has 10 heavy (non-hydrogen) atoms. The summed E-state index contributed by atoms with van der Waals surface area (Å²) < 4.78 is 0. The molecule has 0 bridgehead atoms. The van der Waals surface area contributed by atoms with E-state index in [1.807, 2.05) is 0 Å². The Balaban J connectivity index is 2.39. The normalized spacial score (nSPS) is 42.1. The third kappa shape index (κ3) is 1.12. The van der Waals surface area contributed by atoms with Crippen LogP contribution in [0.1, 0.15) is 27.2 Å². The minimum atomic E-state index is 0.728. The quantitative estimate of drug-likeness (QED) is 0.514. The van der Waals surface area contributed by atoms with E-state index in [4.69, 9.17) is 0 Å². The van der Waals surface area contributed by atoms with Crippen molar-refractivity contribution < 1.29 is 0 Å². The molecule has 0 N–H and O–H groups in total. The highest BCUT2D eigenvalue weighted by Crippen LogP contribution is 2.44. The van der Waals surface area contributed by atoms with Crippen LogP contribution in [0.4, 0.5) is 0 Å². The van der Waals surface area contributed by atoms with Crippen molar-refractivity contribution in [3.63, 3.8) is 0 Å². The number of allylic oxidation sites excluding steroid dienone is 1. The molecule has 1 fully saturated rings. The minimum absolute atomic E-state index is 0.728. The van der Waals surface area contributed by atoms with Crippen LogP contribution in [0.15, 0.2) is 12.7 Å². The topological polar surface area (TPSA) is 0 Å². The number of rotatable bonds is 2. The van der Waals surface area contributed by atoms with Crippen LogP contribution in [0.5, 0.6) is 0 Å². The van der Waals surface area contributed by atoms with Crippen LogP contribution in [0, 0.1) is 23.7 Å². The molecule has 0 heterocycles. The van der Waals surface area contributed by atoms with E-state index in [0.29, 0.717) is 0 Å². The third-order valence-corrected chi connectivity index (χ3v) is 3.26. The molecule has 0 aromatic rings. The zero-order valence-corrected chi connectivity index (χ0v) is 7.30. The van der Waals surface area contributed by atoms with Gasteiger partial charge in [-0.2, -0.15) is 0 Å². The standard InChI is InChI=1S/C10H18/c1-5-7(2)10-6-8(3)9(10)4/h5,7-10H,1,6H2,2-4H3. The van der Waals surface area contributed by atoms with Gasteiger partial charge in [-0.05, 0) is 30.1 Å². The minimum Gasteiger partial charge on any atom is -0.103 e. The van der Waals surface area contributed by atoms with Gasteiger partial charge in [0, 0.05) is 0 Å². The predicted molar refractivity (Wildman–Crippen MR) is 45.8 cm³/mol. The van der Waals surface area contributed by atoms with E-state index in [1.54, 1.807) is 0 Å². The summed E-state index contributed by atoms with van der Waals surface area (Å²) in [6.45, 7) is 10.8. The van der Waals surface area contributed by atoms with Gasteiger partial charge in [-0.3, -0.25) is 0 Å². The van der Waals surface area contributed by atoms with Crippen molar-refractivity contribution in [2.24, 2.45) is 23.7 Å². The Hall–Kier alpha value is -0.260. The van der Waals surface area contributed by atoms with Crippen molar-refractivity contribution in [2.45, 2.75) is 27.2 Å². The van der Waals surface area contributed by atoms with E-state index in [1.165, 1.54) is 6.42 Å². The SMILES string of the molecule is C=CC(C)C1CC(C)C1C. The average molecular weight is 138 g/mol. The van der Waals surface area contributed by atoms with Gasteiger partial charge in [0.05, 0.1) is 0 Å². The maximum absolute atomic E-state index is 3.82. The van der Waals surface area contributed by atoms with Crippen molar-refractivity contribution >= 4 is 0 Å². The molecule has 0 heteroatoms. The number of hydrogen-bond acceptors (Lipinski definition) is 0. The molecule has 0 nitrogen and oxygen atoms in total. The van der Waals surface area contributed by atoms with Gasteiger partial charge in [0.1, 0.15) is 0 Å². The van der Waals surface area contributed by atoms with Crippen molar-refractivity contribution in [1.82, 2.24) is 0 Å². The van der Waals surface area contributed by atoms with Crippen LogP contribution in [0.2, 0.25) is 0 Å². The van der Waals surface area contributed by atoms with E-state index >= 15 is 0 Å². The smallest absolute Gasteiger partial charge is 0.0234 e. The predicted octanol–water partition coefficient (Wildman–Crippen LogP) is 3.10. The van der Waals surface area contributed by atoms with Crippen LogP contribution in [-0.4, -0.2) is 0 Å². The van der Waals surface area contributed by atoms with Gasteiger partial charge in [-0.15, -0.1) is 6.58 Å². The molecule has 0 saturated heterocycles. The Bertz CT molecular complexity index is 126. The molecule has 0 aromatic heterocycles. The highest BCUT2D eigenvalue weighted by molar-refractivity contribution is 4.92. The van der Waals surface area contributed by atoms with Crippen LogP contribution >= 0.6 is 0 Å². The van der Waals surface area contributed by atoms with E-state index in [0.717, 1.165) is 23.7 Å². The Morgan fingerprint density at radius 3 is 2.40 bits per heavy atom. The first kappa shape index (κ1) is 7.84. The average Bonchev–Trinajstić information content (AvgIpc) is 1.98. The first-order valence-electron chi connectivity index (χ1n) is 4.29. The summed E-state index contributed by atoms with van der Waals surface area (Å²) in [5, 5.41) is 0. The maximum atomic E-state index is 3.82. The highest BCUT2D eigenvalue weighted by atomic mass is 14.4. The summed E-state index contributed by atoms with van der Waals surface area (Å²) in [7, 11) is 0. The summed E-state index contributed by atoms with van der Waals surface area (Å²) in [4.78, 5) is 0. The van der Waals surface area contributed by atoms with E-state index in [-0.39, 0.29) is 0 Å². The molecule has 0 aromatic carbocycles. The zero-order chi connectivity index (χ0) is 7.72. The van der Waals surface area contributed by atoms with Crippen LogP contribution < -0.4 is 0 Å². The van der Waals surface area contributed by atoms with Crippen molar-refractivity contribution in [2.75, 3.05) is 0 Å². The lowest BCUT2D eigenvalue weighted by Crippen LogP contribution is -2.36. The monoisotopic (exact) mass is 138 g/mol. The van der Waals surface area contributed by atoms with Crippen LogP contribution in [-0.2, 0) is 0 Å². The Labute approximate surface area is 64.3 Å². The summed E-state index contributed by atoms with van der Waals surface area (Å²) in [6.07, 6.45) is 3.50. The lowest BCUT2D eigenvalue weighted by Gasteiger charge is -2.43. The molecule has 1 aliphatic rings. The van der Waals surface area contributed by atoms with Crippen LogP contribution in [0.3, 0.4) is 0 Å². The molecular weight excluding hydrogens is 120 g/mol. The summed E-state index contributed by atoms with van der Waals surface area (Å²) in [5.74, 6) is 3.53. The molecule has 0 radical (unpaired) electrons. The Kier molecular flexibility index (Phi) is 2.18. The highest BCUT2D eigenvalue weighted by Gasteiger charge is 2.36. The van der Waals surface area contributed by atoms with Crippen LogP contribution in [0.25, 0.3) is 0 Å². The summed E-state index contributed by atoms with van der Waals surface area (Å²) in [5.41, 5.74) is 0. The van der Waals surface area contributed by atoms with Gasteiger partial charge in [0.2, 0.25) is 0 Å². The lowest BCUT2D eigenvalue weighted by molar-refractivity contribution is 0.0725. The first-order valence-corrected chi connectivity index (χ1v) is 4.29. The fourth-order valence-corrected chi connectivity index (χ4v) is 1.95. The van der Waals surface area contributed by atoms with E-state index in [2.05, 4.69) is 33.4 Å². The second-order valence-corrected chi connectivity index (χ2v) is 3.83. The molecule has 1 saturated carbocycles. The third-order valence-electron chi connectivity index (χ3n) is 3.26. The van der Waals surface area contributed by atoms with E-state index < -0.39 is 0 Å². The molecule has 0 amide bonds. The first-order chi connectivity index (χ1) is 4.66. The van der Waals surface area contributed by atoms with Gasteiger partial charge < -0.3 is 0 Å². The fraction of sp³-hybridized carbons (Fsp3) is 0.800. The molecule has 4 unspecified atom stereocenters. The maximum Gasteiger partial charge on any atom is -0.0234 e. The van der Waals surface area contributed by atoms with Crippen molar-refractivity contribution in [1.29, 1.82) is 0 Å². The molecular formula is C10H18. The largest absolute Gasteiger partial charge is 0.103 e. The molecule has 1 aliphatic carbocycles. The van der Waals surface area contributed by atoms with Crippen molar-refractivity contribution in [3.8, 4) is 0 Å². The van der Waals surface area contributed by atoms with Gasteiger partial charge in [-0.1, -0.05) is 26.8 Å². The van der Waals surface area contributed by atoms with Gasteiger partial charge >= 0.3 is 0 Å². The van der Waals surface area contributed by atoms with Gasteiger partial charge in [0.15, 0.2) is 0 Å². The van der Waals surface area contributed by atoms with Gasteiger partial charge in [0.25, 0.3) is 0 Å². The Morgan fingerprint density at radius 2 is 2.10 bits per heavy atom. The van der Waals surface area contributed by atoms with E-state index in [9.17, 15) is 0 Å². The zero-order valence-electron chi connectivity index (χ0n) is 7.30. The number of hydrogen-bond donors (Lipinski definition) is 0. The molecule has 1 rings (SSSR count). The molecule has 4 atom stereocenters. The second kappa shape index (κ2) is 2.77. The lowest BCUT2D eigenvalue weighted by atomic mass is 9.62. The molecule has 58 valence electrons. The van der Waals surface area contributed by atoms with Gasteiger partial charge in [-0.25, -0.2) is 0 Å². The molecule has 0 spiro atoms. The molecule has 0 aliphatic heterocycles. The second-order valence-electron chi connectivity index (χ2n) is 3.83. The summed E-state index contributed by atoms with van der Waals surface area (Å²) >= 11 is 0. The summed E-state index contributed by atoms with van der Waals surface area (Å²) in [6, 6.07) is 0.